The van der Waals surface area contributed by atoms with Crippen molar-refractivity contribution < 1.29 is 8.78 Å². The number of allylic oxidation sites excluding steroid dienone is 2. The van der Waals surface area contributed by atoms with Crippen LogP contribution in [0.3, 0.4) is 0 Å². The van der Waals surface area contributed by atoms with Crippen molar-refractivity contribution in [3.8, 4) is 0 Å². The van der Waals surface area contributed by atoms with E-state index in [0.717, 1.165) is 6.08 Å². The van der Waals surface area contributed by atoms with E-state index >= 15 is 0 Å². The molecule has 2 heteroatoms. The second kappa shape index (κ2) is 3.69. The predicted octanol–water partition coefficient (Wildman–Crippen LogP) is 3.24. The van der Waals surface area contributed by atoms with E-state index in [2.05, 4.69) is 0 Å². The molecule has 0 radical (unpaired) electrons. The number of halogens is 2. The minimum absolute atomic E-state index is 0.602. The molecule has 0 aliphatic rings. The maximum absolute atomic E-state index is 12.6. The Morgan fingerprint density at radius 2 is 1.90 bits per heavy atom. The van der Waals surface area contributed by atoms with Gasteiger partial charge in [0, 0.05) is 5.92 Å². The van der Waals surface area contributed by atoms with Crippen LogP contribution < -0.4 is 0 Å². The zero-order valence-electron chi connectivity index (χ0n) is 6.70. The minimum Gasteiger partial charge on any atom is -0.202 e. The van der Waals surface area contributed by atoms with Crippen LogP contribution in [-0.4, -0.2) is 5.92 Å². The molecule has 0 saturated carbocycles. The number of hydrogen-bond donors (Lipinski definition) is 0. The van der Waals surface area contributed by atoms with Crippen LogP contribution in [-0.2, 0) is 0 Å². The lowest BCUT2D eigenvalue weighted by Crippen LogP contribution is -2.19. The monoisotopic (exact) mass is 148 g/mol. The summed E-state index contributed by atoms with van der Waals surface area (Å²) >= 11 is 0. The largest absolute Gasteiger partial charge is 0.268 e. The average molecular weight is 148 g/mol. The van der Waals surface area contributed by atoms with Gasteiger partial charge in [0.1, 0.15) is 0 Å². The van der Waals surface area contributed by atoms with E-state index < -0.39 is 11.8 Å². The van der Waals surface area contributed by atoms with Gasteiger partial charge in [-0.2, -0.15) is 0 Å². The van der Waals surface area contributed by atoms with Gasteiger partial charge in [0.2, 0.25) is 0 Å². The topological polar surface area (TPSA) is 0 Å². The number of rotatable bonds is 3. The van der Waals surface area contributed by atoms with Crippen molar-refractivity contribution in [1.29, 1.82) is 0 Å². The van der Waals surface area contributed by atoms with E-state index in [9.17, 15) is 8.78 Å². The maximum atomic E-state index is 12.6. The summed E-state index contributed by atoms with van der Waals surface area (Å²) in [5.74, 6) is -3.23. The Kier molecular flexibility index (Phi) is 3.54. The molecular weight excluding hydrogens is 134 g/mol. The molecule has 0 saturated heterocycles. The quantitative estimate of drug-likeness (QED) is 0.539. The lowest BCUT2D eigenvalue weighted by atomic mass is 10.1. The highest BCUT2D eigenvalue weighted by atomic mass is 19.3. The second-order valence-electron chi connectivity index (χ2n) is 2.64. The highest BCUT2D eigenvalue weighted by molar-refractivity contribution is 4.95. The first kappa shape index (κ1) is 9.60. The molecule has 0 aromatic heterocycles. The molecule has 0 unspecified atom stereocenters. The van der Waals surface area contributed by atoms with Crippen LogP contribution in [0.15, 0.2) is 12.2 Å². The molecule has 0 aliphatic heterocycles. The summed E-state index contributed by atoms with van der Waals surface area (Å²) < 4.78 is 25.3. The fourth-order valence-electron chi connectivity index (χ4n) is 0.467. The third-order valence-electron chi connectivity index (χ3n) is 1.35. The van der Waals surface area contributed by atoms with E-state index in [1.165, 1.54) is 19.9 Å². The van der Waals surface area contributed by atoms with Crippen LogP contribution in [0.25, 0.3) is 0 Å². The van der Waals surface area contributed by atoms with Crippen molar-refractivity contribution in [2.45, 2.75) is 33.1 Å². The van der Waals surface area contributed by atoms with Gasteiger partial charge >= 0.3 is 0 Å². The van der Waals surface area contributed by atoms with Gasteiger partial charge in [-0.1, -0.05) is 26.8 Å². The van der Waals surface area contributed by atoms with Gasteiger partial charge in [-0.05, 0) is 12.5 Å². The Labute approximate surface area is 60.9 Å². The SMILES string of the molecule is CC/C=C\C(F)(F)C(C)C. The Balaban J connectivity index is 3.98. The Bertz CT molecular complexity index is 114. The van der Waals surface area contributed by atoms with Gasteiger partial charge < -0.3 is 0 Å². The zero-order chi connectivity index (χ0) is 8.20. The fourth-order valence-corrected chi connectivity index (χ4v) is 0.467. The highest BCUT2D eigenvalue weighted by Gasteiger charge is 2.28. The van der Waals surface area contributed by atoms with E-state index in [4.69, 9.17) is 0 Å². The molecule has 10 heavy (non-hydrogen) atoms. The van der Waals surface area contributed by atoms with Crippen LogP contribution in [0, 0.1) is 5.92 Å². The average Bonchev–Trinajstić information content (AvgIpc) is 1.84. The summed E-state index contributed by atoms with van der Waals surface area (Å²) in [6, 6.07) is 0. The molecule has 0 spiro atoms. The van der Waals surface area contributed by atoms with E-state index in [1.807, 2.05) is 6.92 Å². The summed E-state index contributed by atoms with van der Waals surface area (Å²) in [4.78, 5) is 0. The van der Waals surface area contributed by atoms with E-state index in [-0.39, 0.29) is 0 Å². The number of alkyl halides is 2. The van der Waals surface area contributed by atoms with Gasteiger partial charge in [-0.15, -0.1) is 0 Å². The summed E-state index contributed by atoms with van der Waals surface area (Å²) in [5, 5.41) is 0. The Hall–Kier alpha value is -0.400. The van der Waals surface area contributed by atoms with Crippen LogP contribution in [0.2, 0.25) is 0 Å². The van der Waals surface area contributed by atoms with E-state index in [1.54, 1.807) is 0 Å². The minimum atomic E-state index is -2.63. The van der Waals surface area contributed by atoms with Crippen LogP contribution in [0.1, 0.15) is 27.2 Å². The van der Waals surface area contributed by atoms with Crippen LogP contribution in [0.5, 0.6) is 0 Å². The first-order valence-corrected chi connectivity index (χ1v) is 3.56. The van der Waals surface area contributed by atoms with Crippen molar-refractivity contribution in [2.75, 3.05) is 0 Å². The van der Waals surface area contributed by atoms with E-state index in [0.29, 0.717) is 6.42 Å². The molecule has 60 valence electrons. The molecule has 0 atom stereocenters. The zero-order valence-corrected chi connectivity index (χ0v) is 6.70. The molecule has 0 heterocycles. The first-order valence-electron chi connectivity index (χ1n) is 3.56. The third-order valence-corrected chi connectivity index (χ3v) is 1.35. The van der Waals surface area contributed by atoms with Gasteiger partial charge in [0.05, 0.1) is 0 Å². The summed E-state index contributed by atoms with van der Waals surface area (Å²) in [7, 11) is 0. The smallest absolute Gasteiger partial charge is 0.202 e. The normalized spacial score (nSPS) is 13.4. The standard InChI is InChI=1S/C8H14F2/c1-4-5-6-8(9,10)7(2)3/h5-7H,4H2,1-3H3/b6-5-. The van der Waals surface area contributed by atoms with Gasteiger partial charge in [-0.25, -0.2) is 8.78 Å². The lowest BCUT2D eigenvalue weighted by Gasteiger charge is -2.15. The summed E-state index contributed by atoms with van der Waals surface area (Å²) in [6.07, 6.45) is 3.15. The Morgan fingerprint density at radius 1 is 1.40 bits per heavy atom. The molecule has 0 fully saturated rings. The maximum Gasteiger partial charge on any atom is 0.268 e. The second-order valence-corrected chi connectivity index (χ2v) is 2.64. The lowest BCUT2D eigenvalue weighted by molar-refractivity contribution is 0.00605. The predicted molar refractivity (Wildman–Crippen MR) is 39.2 cm³/mol. The Morgan fingerprint density at radius 3 is 2.20 bits per heavy atom. The van der Waals surface area contributed by atoms with Crippen molar-refractivity contribution in [1.82, 2.24) is 0 Å². The molecule has 0 aromatic rings. The molecule has 0 amide bonds. The molecule has 0 aromatic carbocycles. The molecule has 0 rings (SSSR count). The first-order chi connectivity index (χ1) is 4.50. The molecular formula is C8H14F2. The van der Waals surface area contributed by atoms with Crippen LogP contribution in [0.4, 0.5) is 8.78 Å². The van der Waals surface area contributed by atoms with Crippen LogP contribution >= 0.6 is 0 Å². The van der Waals surface area contributed by atoms with Gasteiger partial charge in [0.25, 0.3) is 5.92 Å². The van der Waals surface area contributed by atoms with Crippen molar-refractivity contribution in [3.63, 3.8) is 0 Å². The van der Waals surface area contributed by atoms with Crippen molar-refractivity contribution in [2.24, 2.45) is 5.92 Å². The number of hydrogen-bond acceptors (Lipinski definition) is 0. The highest BCUT2D eigenvalue weighted by Crippen LogP contribution is 2.25. The molecule has 0 bridgehead atoms. The fraction of sp³-hybridized carbons (Fsp3) is 0.750. The van der Waals surface area contributed by atoms with Crippen molar-refractivity contribution in [3.05, 3.63) is 12.2 Å². The molecule has 0 aliphatic carbocycles. The molecule has 0 N–H and O–H groups in total. The summed E-state index contributed by atoms with van der Waals surface area (Å²) in [6.45, 7) is 4.87. The third kappa shape index (κ3) is 2.95. The van der Waals surface area contributed by atoms with Crippen molar-refractivity contribution >= 4 is 0 Å². The van der Waals surface area contributed by atoms with Gasteiger partial charge in [-0.3, -0.25) is 0 Å². The molecule has 0 nitrogen and oxygen atoms in total. The van der Waals surface area contributed by atoms with Gasteiger partial charge in [0.15, 0.2) is 0 Å². The summed E-state index contributed by atoms with van der Waals surface area (Å²) in [5.41, 5.74) is 0.